The van der Waals surface area contributed by atoms with Gasteiger partial charge in [-0.15, -0.1) is 0 Å². The zero-order valence-corrected chi connectivity index (χ0v) is 12.9. The lowest BCUT2D eigenvalue weighted by Crippen LogP contribution is -2.06. The summed E-state index contributed by atoms with van der Waals surface area (Å²) >= 11 is 0. The second-order valence-electron chi connectivity index (χ2n) is 4.88. The SMILES string of the molecule is COc1ccc(/C=C/C(=O)c2cc(NC(C)=O)ccc2O)cc1. The molecule has 0 saturated heterocycles. The Kier molecular flexibility index (Phi) is 5.15. The molecule has 0 aliphatic rings. The maximum Gasteiger partial charge on any atom is 0.221 e. The van der Waals surface area contributed by atoms with Crippen molar-refractivity contribution in [1.29, 1.82) is 0 Å². The number of carbonyl (C=O) groups excluding carboxylic acids is 2. The molecule has 5 heteroatoms. The van der Waals surface area contributed by atoms with E-state index in [1.165, 1.54) is 31.2 Å². The highest BCUT2D eigenvalue weighted by Gasteiger charge is 2.10. The summed E-state index contributed by atoms with van der Waals surface area (Å²) in [5, 5.41) is 12.4. The van der Waals surface area contributed by atoms with Crippen molar-refractivity contribution in [3.8, 4) is 11.5 Å². The number of amides is 1. The van der Waals surface area contributed by atoms with E-state index >= 15 is 0 Å². The minimum absolute atomic E-state index is 0.126. The molecule has 0 atom stereocenters. The highest BCUT2D eigenvalue weighted by molar-refractivity contribution is 6.09. The van der Waals surface area contributed by atoms with Crippen molar-refractivity contribution in [3.63, 3.8) is 0 Å². The van der Waals surface area contributed by atoms with Crippen molar-refractivity contribution in [2.45, 2.75) is 6.92 Å². The number of ketones is 1. The van der Waals surface area contributed by atoms with Gasteiger partial charge >= 0.3 is 0 Å². The van der Waals surface area contributed by atoms with Crippen molar-refractivity contribution in [1.82, 2.24) is 0 Å². The van der Waals surface area contributed by atoms with Crippen molar-refractivity contribution < 1.29 is 19.4 Å². The number of anilines is 1. The van der Waals surface area contributed by atoms with E-state index < -0.39 is 0 Å². The first-order valence-electron chi connectivity index (χ1n) is 6.96. The number of phenolic OH excluding ortho intramolecular Hbond substituents is 1. The Morgan fingerprint density at radius 1 is 1.13 bits per heavy atom. The molecule has 2 aromatic carbocycles. The average Bonchev–Trinajstić information content (AvgIpc) is 2.54. The van der Waals surface area contributed by atoms with Gasteiger partial charge in [0.15, 0.2) is 5.78 Å². The van der Waals surface area contributed by atoms with Crippen molar-refractivity contribution in [2.75, 3.05) is 12.4 Å². The molecule has 0 aliphatic carbocycles. The number of carbonyl (C=O) groups is 2. The van der Waals surface area contributed by atoms with Crippen molar-refractivity contribution in [2.24, 2.45) is 0 Å². The van der Waals surface area contributed by atoms with Crippen LogP contribution in [0.25, 0.3) is 6.08 Å². The fourth-order valence-corrected chi connectivity index (χ4v) is 1.99. The van der Waals surface area contributed by atoms with Crippen LogP contribution < -0.4 is 10.1 Å². The molecule has 0 aromatic heterocycles. The smallest absolute Gasteiger partial charge is 0.221 e. The summed E-state index contributed by atoms with van der Waals surface area (Å²) in [6.07, 6.45) is 3.01. The second-order valence-corrected chi connectivity index (χ2v) is 4.88. The molecule has 0 bridgehead atoms. The Hall–Kier alpha value is -3.08. The highest BCUT2D eigenvalue weighted by Crippen LogP contribution is 2.23. The van der Waals surface area contributed by atoms with Gasteiger partial charge in [-0.3, -0.25) is 9.59 Å². The first-order chi connectivity index (χ1) is 11.0. The predicted octanol–water partition coefficient (Wildman–Crippen LogP) is 3.26. The van der Waals surface area contributed by atoms with E-state index in [0.29, 0.717) is 5.69 Å². The van der Waals surface area contributed by atoms with Gasteiger partial charge in [-0.2, -0.15) is 0 Å². The fourth-order valence-electron chi connectivity index (χ4n) is 1.99. The average molecular weight is 311 g/mol. The zero-order chi connectivity index (χ0) is 16.8. The van der Waals surface area contributed by atoms with Gasteiger partial charge < -0.3 is 15.2 Å². The van der Waals surface area contributed by atoms with Crippen LogP contribution in [0, 0.1) is 0 Å². The number of ether oxygens (including phenoxy) is 1. The number of phenols is 1. The van der Waals surface area contributed by atoms with E-state index in [0.717, 1.165) is 11.3 Å². The van der Waals surface area contributed by atoms with Crippen molar-refractivity contribution >= 4 is 23.5 Å². The topological polar surface area (TPSA) is 75.6 Å². The molecule has 0 saturated carbocycles. The maximum absolute atomic E-state index is 12.2. The first kappa shape index (κ1) is 16.3. The molecule has 0 radical (unpaired) electrons. The van der Waals surface area contributed by atoms with Gasteiger partial charge in [-0.1, -0.05) is 18.2 Å². The summed E-state index contributed by atoms with van der Waals surface area (Å²) in [7, 11) is 1.58. The number of rotatable bonds is 5. The molecule has 0 spiro atoms. The minimum atomic E-state index is -0.356. The summed E-state index contributed by atoms with van der Waals surface area (Å²) in [5.41, 5.74) is 1.41. The minimum Gasteiger partial charge on any atom is -0.507 e. The van der Waals surface area contributed by atoms with Crippen LogP contribution in [0.2, 0.25) is 0 Å². The molecular formula is C18H17NO4. The zero-order valence-electron chi connectivity index (χ0n) is 12.9. The van der Waals surface area contributed by atoms with Gasteiger partial charge in [-0.05, 0) is 42.0 Å². The van der Waals surface area contributed by atoms with Gasteiger partial charge in [0.25, 0.3) is 0 Å². The van der Waals surface area contributed by atoms with Crippen LogP contribution in [-0.2, 0) is 4.79 Å². The van der Waals surface area contributed by atoms with E-state index in [9.17, 15) is 14.7 Å². The molecule has 0 unspecified atom stereocenters. The number of benzene rings is 2. The van der Waals surface area contributed by atoms with Gasteiger partial charge in [0, 0.05) is 12.6 Å². The van der Waals surface area contributed by atoms with Gasteiger partial charge in [-0.25, -0.2) is 0 Å². The van der Waals surface area contributed by atoms with Crippen LogP contribution in [0.15, 0.2) is 48.5 Å². The summed E-state index contributed by atoms with van der Waals surface area (Å²) in [6, 6.07) is 11.6. The molecule has 0 heterocycles. The van der Waals surface area contributed by atoms with Gasteiger partial charge in [0.05, 0.1) is 12.7 Å². The number of hydrogen-bond acceptors (Lipinski definition) is 4. The third-order valence-corrected chi connectivity index (χ3v) is 3.13. The van der Waals surface area contributed by atoms with Crippen LogP contribution in [-0.4, -0.2) is 23.9 Å². The normalized spacial score (nSPS) is 10.5. The summed E-state index contributed by atoms with van der Waals surface area (Å²) in [6.45, 7) is 1.37. The molecule has 0 fully saturated rings. The molecule has 23 heavy (non-hydrogen) atoms. The van der Waals surface area contributed by atoms with Crippen LogP contribution in [0.5, 0.6) is 11.5 Å². The standard InChI is InChI=1S/C18H17NO4/c1-12(20)19-14-6-10-18(22)16(11-14)17(21)9-5-13-3-7-15(23-2)8-4-13/h3-11,22H,1-2H3,(H,19,20)/b9-5+. The van der Waals surface area contributed by atoms with Crippen LogP contribution in [0.4, 0.5) is 5.69 Å². The lowest BCUT2D eigenvalue weighted by molar-refractivity contribution is -0.114. The molecule has 2 rings (SSSR count). The Balaban J connectivity index is 2.18. The van der Waals surface area contributed by atoms with Gasteiger partial charge in [0.2, 0.25) is 5.91 Å². The summed E-state index contributed by atoms with van der Waals surface area (Å²) in [5.74, 6) is -0.00834. The van der Waals surface area contributed by atoms with Crippen LogP contribution in [0.1, 0.15) is 22.8 Å². The van der Waals surface area contributed by atoms with Crippen LogP contribution >= 0.6 is 0 Å². The van der Waals surface area contributed by atoms with Crippen molar-refractivity contribution in [3.05, 3.63) is 59.7 Å². The number of aromatic hydroxyl groups is 1. The van der Waals surface area contributed by atoms with E-state index in [4.69, 9.17) is 4.74 Å². The first-order valence-corrected chi connectivity index (χ1v) is 6.96. The number of hydrogen-bond donors (Lipinski definition) is 2. The Morgan fingerprint density at radius 2 is 1.83 bits per heavy atom. The lowest BCUT2D eigenvalue weighted by Gasteiger charge is -2.06. The molecule has 5 nitrogen and oxygen atoms in total. The maximum atomic E-state index is 12.2. The predicted molar refractivity (Wildman–Crippen MR) is 88.8 cm³/mol. The van der Waals surface area contributed by atoms with E-state index in [1.54, 1.807) is 25.3 Å². The molecule has 2 N–H and O–H groups in total. The largest absolute Gasteiger partial charge is 0.507 e. The summed E-state index contributed by atoms with van der Waals surface area (Å²) < 4.78 is 5.07. The Bertz CT molecular complexity index is 748. The highest BCUT2D eigenvalue weighted by atomic mass is 16.5. The van der Waals surface area contributed by atoms with E-state index in [-0.39, 0.29) is 23.0 Å². The molecule has 1 amide bonds. The molecule has 118 valence electrons. The number of nitrogens with one attached hydrogen (secondary N) is 1. The third-order valence-electron chi connectivity index (χ3n) is 3.13. The lowest BCUT2D eigenvalue weighted by atomic mass is 10.1. The Labute approximate surface area is 134 Å². The summed E-state index contributed by atoms with van der Waals surface area (Å²) in [4.78, 5) is 23.3. The third kappa shape index (κ3) is 4.44. The molecule has 0 aliphatic heterocycles. The van der Waals surface area contributed by atoms with Crippen LogP contribution in [0.3, 0.4) is 0 Å². The second kappa shape index (κ2) is 7.26. The fraction of sp³-hybridized carbons (Fsp3) is 0.111. The molecule has 2 aromatic rings. The monoisotopic (exact) mass is 311 g/mol. The quantitative estimate of drug-likeness (QED) is 0.505. The van der Waals surface area contributed by atoms with Gasteiger partial charge in [0.1, 0.15) is 11.5 Å². The van der Waals surface area contributed by atoms with E-state index in [2.05, 4.69) is 5.32 Å². The number of methoxy groups -OCH3 is 1. The number of allylic oxidation sites excluding steroid dienone is 1. The Morgan fingerprint density at radius 3 is 2.43 bits per heavy atom. The van der Waals surface area contributed by atoms with E-state index in [1.807, 2.05) is 12.1 Å². The molecular weight excluding hydrogens is 294 g/mol.